The maximum Gasteiger partial charge on any atom is 0.307 e. The van der Waals surface area contributed by atoms with Crippen molar-refractivity contribution in [2.45, 2.75) is 19.0 Å². The zero-order valence-corrected chi connectivity index (χ0v) is 10.6. The second-order valence-corrected chi connectivity index (χ2v) is 3.95. The van der Waals surface area contributed by atoms with Crippen LogP contribution in [0.25, 0.3) is 0 Å². The molecule has 1 aromatic carbocycles. The first kappa shape index (κ1) is 10.8. The highest BCUT2D eigenvalue weighted by atomic mass is 16.5. The van der Waals surface area contributed by atoms with Crippen molar-refractivity contribution in [2.75, 3.05) is 7.11 Å². The van der Waals surface area contributed by atoms with Gasteiger partial charge in [-0.1, -0.05) is 30.3 Å². The van der Waals surface area contributed by atoms with E-state index < -0.39 is 18.4 Å². The second kappa shape index (κ2) is 6.75. The molecule has 0 fully saturated rings. The van der Waals surface area contributed by atoms with Crippen LogP contribution in [0.15, 0.2) is 53.1 Å². The molecule has 4 nitrogen and oxygen atoms in total. The van der Waals surface area contributed by atoms with E-state index >= 15 is 0 Å². The number of rotatable bonds is 6. The zero-order valence-electron chi connectivity index (χ0n) is 12.6. The molecule has 0 bridgehead atoms. The molecule has 0 radical (unpaired) electrons. The molecule has 1 unspecified atom stereocenters. The summed E-state index contributed by atoms with van der Waals surface area (Å²) in [6.07, 6.45) is -0.790. The molecular formula is C15H17NO3. The van der Waals surface area contributed by atoms with Gasteiger partial charge in [0.05, 0.1) is 25.8 Å². The third-order valence-electron chi connectivity index (χ3n) is 2.63. The topological polar surface area (TPSA) is 51.5 Å². The van der Waals surface area contributed by atoms with Gasteiger partial charge in [-0.05, 0) is 17.7 Å². The molecule has 100 valence electrons. The van der Waals surface area contributed by atoms with Crippen LogP contribution in [0.2, 0.25) is 0 Å². The summed E-state index contributed by atoms with van der Waals surface area (Å²) in [7, 11) is 1.16. The van der Waals surface area contributed by atoms with Crippen LogP contribution in [0.3, 0.4) is 0 Å². The highest BCUT2D eigenvalue weighted by Gasteiger charge is 2.18. The first-order valence-corrected chi connectivity index (χ1v) is 5.95. The lowest BCUT2D eigenvalue weighted by atomic mass is 10.1. The minimum Gasteiger partial charge on any atom is -0.469 e. The lowest BCUT2D eigenvalue weighted by Gasteiger charge is -2.15. The normalized spacial score (nSPS) is 14.4. The van der Waals surface area contributed by atoms with Gasteiger partial charge in [-0.3, -0.25) is 4.79 Å². The van der Waals surface area contributed by atoms with E-state index in [4.69, 9.17) is 7.16 Å². The van der Waals surface area contributed by atoms with Crippen LogP contribution >= 0.6 is 0 Å². The number of hydrogen-bond donors (Lipinski definition) is 1. The molecule has 1 aromatic heterocycles. The van der Waals surface area contributed by atoms with Crippen LogP contribution in [0.5, 0.6) is 0 Å². The Morgan fingerprint density at radius 3 is 2.79 bits per heavy atom. The van der Waals surface area contributed by atoms with Crippen LogP contribution < -0.4 is 5.32 Å². The number of nitrogens with one attached hydrogen (secondary N) is 1. The Morgan fingerprint density at radius 2 is 2.16 bits per heavy atom. The van der Waals surface area contributed by atoms with Gasteiger partial charge in [-0.15, -0.1) is 0 Å². The van der Waals surface area contributed by atoms with Crippen molar-refractivity contribution < 1.29 is 16.7 Å². The summed E-state index contributed by atoms with van der Waals surface area (Å²) >= 11 is 0. The number of esters is 1. The van der Waals surface area contributed by atoms with Crippen LogP contribution in [0, 0.1) is 0 Å². The zero-order chi connectivity index (χ0) is 15.3. The Hall–Kier alpha value is -2.07. The first-order valence-electron chi connectivity index (χ1n) is 6.95. The fourth-order valence-corrected chi connectivity index (χ4v) is 1.67. The number of methoxy groups -OCH3 is 1. The van der Waals surface area contributed by atoms with Crippen molar-refractivity contribution in [2.24, 2.45) is 0 Å². The molecular weight excluding hydrogens is 242 g/mol. The molecule has 0 saturated heterocycles. The molecule has 0 aliphatic carbocycles. The quantitative estimate of drug-likeness (QED) is 0.812. The van der Waals surface area contributed by atoms with E-state index in [1.54, 1.807) is 12.1 Å². The maximum absolute atomic E-state index is 11.7. The fourth-order valence-electron chi connectivity index (χ4n) is 1.67. The van der Waals surface area contributed by atoms with Crippen molar-refractivity contribution in [1.82, 2.24) is 5.32 Å². The predicted molar refractivity (Wildman–Crippen MR) is 71.4 cm³/mol. The largest absolute Gasteiger partial charge is 0.469 e. The average Bonchev–Trinajstić information content (AvgIpc) is 3.01. The minimum atomic E-state index is -2.23. The van der Waals surface area contributed by atoms with E-state index in [2.05, 4.69) is 10.1 Å². The minimum absolute atomic E-state index is 0.348. The number of carbonyl (C=O) groups excluding carboxylic acids is 1. The SMILES string of the molecule is [2H]C([2H])(C(=O)OC)C(NCc1ccccc1)c1ccco1. The summed E-state index contributed by atoms with van der Waals surface area (Å²) in [6, 6.07) is 11.9. The van der Waals surface area contributed by atoms with Gasteiger partial charge >= 0.3 is 5.97 Å². The molecule has 0 aliphatic rings. The van der Waals surface area contributed by atoms with Gasteiger partial charge in [0.2, 0.25) is 0 Å². The molecule has 2 aromatic rings. The van der Waals surface area contributed by atoms with Crippen molar-refractivity contribution in [3.63, 3.8) is 0 Å². The molecule has 19 heavy (non-hydrogen) atoms. The molecule has 0 spiro atoms. The lowest BCUT2D eigenvalue weighted by Crippen LogP contribution is -2.23. The van der Waals surface area contributed by atoms with Gasteiger partial charge < -0.3 is 14.5 Å². The number of ether oxygens (including phenoxy) is 1. The number of hydrogen-bond acceptors (Lipinski definition) is 4. The Morgan fingerprint density at radius 1 is 1.37 bits per heavy atom. The molecule has 1 N–H and O–H groups in total. The molecule has 0 saturated carbocycles. The third kappa shape index (κ3) is 3.96. The summed E-state index contributed by atoms with van der Waals surface area (Å²) in [6.45, 7) is 0.405. The summed E-state index contributed by atoms with van der Waals surface area (Å²) in [4.78, 5) is 11.7. The number of benzene rings is 1. The van der Waals surface area contributed by atoms with Gasteiger partial charge in [0.25, 0.3) is 0 Å². The summed E-state index contributed by atoms with van der Waals surface area (Å²) < 4.78 is 25.8. The van der Waals surface area contributed by atoms with Crippen LogP contribution in [-0.4, -0.2) is 13.1 Å². The van der Waals surface area contributed by atoms with Crippen LogP contribution in [0.4, 0.5) is 0 Å². The van der Waals surface area contributed by atoms with Crippen molar-refractivity contribution in [3.8, 4) is 0 Å². The smallest absolute Gasteiger partial charge is 0.307 e. The molecule has 1 heterocycles. The van der Waals surface area contributed by atoms with E-state index in [0.29, 0.717) is 12.3 Å². The molecule has 0 amide bonds. The van der Waals surface area contributed by atoms with E-state index in [9.17, 15) is 4.79 Å². The van der Waals surface area contributed by atoms with E-state index in [1.807, 2.05) is 30.3 Å². The van der Waals surface area contributed by atoms with Gasteiger partial charge in [0, 0.05) is 9.29 Å². The third-order valence-corrected chi connectivity index (χ3v) is 2.63. The fraction of sp³-hybridized carbons (Fsp3) is 0.267. The van der Waals surface area contributed by atoms with Crippen LogP contribution in [0.1, 0.15) is 26.5 Å². The van der Waals surface area contributed by atoms with Gasteiger partial charge in [0.15, 0.2) is 0 Å². The van der Waals surface area contributed by atoms with Gasteiger partial charge in [-0.2, -0.15) is 0 Å². The average molecular weight is 261 g/mol. The first-order chi connectivity index (χ1) is 10.1. The van der Waals surface area contributed by atoms with Gasteiger partial charge in [-0.25, -0.2) is 0 Å². The highest BCUT2D eigenvalue weighted by molar-refractivity contribution is 5.70. The standard InChI is InChI=1S/C15H17NO3/c1-18-15(17)10-13(14-8-5-9-19-14)16-11-12-6-3-2-4-7-12/h2-9,13,16H,10-11H2,1H3/i10D2. The number of furan rings is 1. The molecule has 0 aliphatic heterocycles. The monoisotopic (exact) mass is 261 g/mol. The summed E-state index contributed by atoms with van der Waals surface area (Å²) in [5.41, 5.74) is 0.981. The molecule has 1 atom stereocenters. The Kier molecular flexibility index (Phi) is 3.84. The van der Waals surface area contributed by atoms with E-state index in [1.165, 1.54) is 6.26 Å². The Labute approximate surface area is 115 Å². The van der Waals surface area contributed by atoms with E-state index in [0.717, 1.165) is 12.7 Å². The van der Waals surface area contributed by atoms with Crippen molar-refractivity contribution in [3.05, 3.63) is 60.1 Å². The Balaban J connectivity index is 2.19. The Bertz CT molecular complexity index is 570. The highest BCUT2D eigenvalue weighted by Crippen LogP contribution is 2.18. The molecule has 2 rings (SSSR count). The molecule has 4 heteroatoms. The van der Waals surface area contributed by atoms with Crippen molar-refractivity contribution >= 4 is 5.97 Å². The summed E-state index contributed by atoms with van der Waals surface area (Å²) in [5, 5.41) is 3.02. The predicted octanol–water partition coefficient (Wildman–Crippen LogP) is 2.67. The van der Waals surface area contributed by atoms with Crippen LogP contribution in [-0.2, 0) is 16.1 Å². The van der Waals surface area contributed by atoms with Crippen molar-refractivity contribution in [1.29, 1.82) is 0 Å². The maximum atomic E-state index is 11.7. The number of carbonyl (C=O) groups is 1. The summed E-state index contributed by atoms with van der Waals surface area (Å²) in [5.74, 6) is -0.592. The van der Waals surface area contributed by atoms with Gasteiger partial charge in [0.1, 0.15) is 5.76 Å². The van der Waals surface area contributed by atoms with E-state index in [-0.39, 0.29) is 0 Å². The lowest BCUT2D eigenvalue weighted by molar-refractivity contribution is -0.141. The second-order valence-electron chi connectivity index (χ2n) is 3.95.